The molecular weight excluding hydrogens is 437 g/mol. The number of hydrogen-bond donors (Lipinski definition) is 3. The summed E-state index contributed by atoms with van der Waals surface area (Å²) in [4.78, 5) is 26.8. The molecule has 0 aliphatic carbocycles. The second-order valence-corrected chi connectivity index (χ2v) is 8.64. The number of aromatic nitrogens is 1. The van der Waals surface area contributed by atoms with E-state index in [4.69, 9.17) is 10.5 Å². The second-order valence-electron chi connectivity index (χ2n) is 8.64. The Balaban J connectivity index is 2.26. The predicted octanol–water partition coefficient (Wildman–Crippen LogP) is 3.98. The van der Waals surface area contributed by atoms with Crippen molar-refractivity contribution in [2.45, 2.75) is 45.8 Å². The highest BCUT2D eigenvalue weighted by molar-refractivity contribution is 5.94. The van der Waals surface area contributed by atoms with Crippen LogP contribution in [0.25, 0.3) is 11.1 Å². The number of alkyl halides is 3. The molecule has 1 heterocycles. The molecule has 0 aliphatic rings. The summed E-state index contributed by atoms with van der Waals surface area (Å²) in [5.74, 6) is -0.768. The molecule has 2 aromatic rings. The quantitative estimate of drug-likeness (QED) is 0.518. The van der Waals surface area contributed by atoms with Crippen LogP contribution in [0.2, 0.25) is 0 Å². The number of pyridine rings is 1. The van der Waals surface area contributed by atoms with Gasteiger partial charge in [-0.25, -0.2) is 4.98 Å². The van der Waals surface area contributed by atoms with Crippen molar-refractivity contribution in [3.63, 3.8) is 0 Å². The number of carbonyl (C=O) groups is 2. The lowest BCUT2D eigenvalue weighted by atomic mass is 9.93. The lowest BCUT2D eigenvalue weighted by Gasteiger charge is -2.27. The van der Waals surface area contributed by atoms with Gasteiger partial charge in [0.15, 0.2) is 0 Å². The van der Waals surface area contributed by atoms with E-state index in [1.807, 2.05) is 13.8 Å². The number of anilines is 1. The molecule has 0 bridgehead atoms. The molecule has 7 nitrogen and oxygen atoms in total. The van der Waals surface area contributed by atoms with Gasteiger partial charge in [-0.2, -0.15) is 13.2 Å². The van der Waals surface area contributed by atoms with Crippen LogP contribution in [0.5, 0.6) is 5.75 Å². The number of amides is 2. The summed E-state index contributed by atoms with van der Waals surface area (Å²) in [7, 11) is 0. The predicted molar refractivity (Wildman–Crippen MR) is 120 cm³/mol. The Morgan fingerprint density at radius 3 is 2.42 bits per heavy atom. The first-order chi connectivity index (χ1) is 15.3. The zero-order chi connectivity index (χ0) is 24.8. The molecule has 33 heavy (non-hydrogen) atoms. The van der Waals surface area contributed by atoms with Gasteiger partial charge >= 0.3 is 6.18 Å². The van der Waals surface area contributed by atoms with E-state index in [0.717, 1.165) is 6.07 Å². The van der Waals surface area contributed by atoms with Crippen LogP contribution in [-0.2, 0) is 15.8 Å². The van der Waals surface area contributed by atoms with E-state index < -0.39 is 23.2 Å². The second kappa shape index (κ2) is 10.7. The maximum Gasteiger partial charge on any atom is 0.419 e. The van der Waals surface area contributed by atoms with Crippen LogP contribution in [0.4, 0.5) is 19.0 Å². The van der Waals surface area contributed by atoms with Crippen molar-refractivity contribution in [2.75, 3.05) is 18.5 Å². The lowest BCUT2D eigenvalue weighted by Crippen LogP contribution is -2.43. The first-order valence-electron chi connectivity index (χ1n) is 10.4. The zero-order valence-electron chi connectivity index (χ0n) is 19.0. The van der Waals surface area contributed by atoms with Crippen molar-refractivity contribution in [3.05, 3.63) is 42.1 Å². The molecule has 10 heteroatoms. The molecule has 0 fully saturated rings. The minimum Gasteiger partial charge on any atom is -0.491 e. The Bertz CT molecular complexity index is 991. The molecule has 0 radical (unpaired) electrons. The van der Waals surface area contributed by atoms with Gasteiger partial charge in [0, 0.05) is 18.7 Å². The Morgan fingerprint density at radius 1 is 1.15 bits per heavy atom. The van der Waals surface area contributed by atoms with Crippen molar-refractivity contribution in [1.29, 1.82) is 0 Å². The van der Waals surface area contributed by atoms with E-state index in [-0.39, 0.29) is 42.1 Å². The normalized spacial score (nSPS) is 13.4. The van der Waals surface area contributed by atoms with Crippen LogP contribution < -0.4 is 21.1 Å². The first-order valence-corrected chi connectivity index (χ1v) is 10.4. The average Bonchev–Trinajstić information content (AvgIpc) is 2.69. The SMILES string of the molecule is CC(=O)NCC(=O)Nc1cc(-c2ccc(OC[C@@](C)(N)CC(C)C)c(C(F)(F)F)c2)ccn1. The van der Waals surface area contributed by atoms with Gasteiger partial charge in [-0.15, -0.1) is 0 Å². The molecule has 0 saturated carbocycles. The number of carbonyl (C=O) groups excluding carboxylic acids is 2. The van der Waals surface area contributed by atoms with Crippen molar-refractivity contribution in [2.24, 2.45) is 11.7 Å². The number of nitrogens with zero attached hydrogens (tertiary/aromatic N) is 1. The summed E-state index contributed by atoms with van der Waals surface area (Å²) in [5.41, 5.74) is 5.16. The smallest absolute Gasteiger partial charge is 0.419 e. The number of hydrogen-bond acceptors (Lipinski definition) is 5. The summed E-state index contributed by atoms with van der Waals surface area (Å²) in [5, 5.41) is 4.84. The number of benzene rings is 1. The molecule has 0 unspecified atom stereocenters. The fourth-order valence-electron chi connectivity index (χ4n) is 3.36. The molecule has 2 amide bonds. The highest BCUT2D eigenvalue weighted by Crippen LogP contribution is 2.39. The number of halogens is 3. The van der Waals surface area contributed by atoms with Crippen molar-refractivity contribution < 1.29 is 27.5 Å². The van der Waals surface area contributed by atoms with Crippen molar-refractivity contribution in [1.82, 2.24) is 10.3 Å². The summed E-state index contributed by atoms with van der Waals surface area (Å²) < 4.78 is 46.8. The molecule has 4 N–H and O–H groups in total. The third kappa shape index (κ3) is 8.38. The van der Waals surface area contributed by atoms with Crippen LogP contribution in [0.15, 0.2) is 36.5 Å². The van der Waals surface area contributed by atoms with E-state index >= 15 is 0 Å². The van der Waals surface area contributed by atoms with Crippen LogP contribution in [-0.4, -0.2) is 35.5 Å². The minimum atomic E-state index is -4.64. The van der Waals surface area contributed by atoms with Gasteiger partial charge in [0.05, 0.1) is 12.1 Å². The highest BCUT2D eigenvalue weighted by Gasteiger charge is 2.35. The zero-order valence-corrected chi connectivity index (χ0v) is 19.0. The summed E-state index contributed by atoms with van der Waals surface area (Å²) in [6.45, 7) is 6.66. The number of nitrogens with one attached hydrogen (secondary N) is 2. The molecule has 1 atom stereocenters. The first kappa shape index (κ1) is 26.1. The van der Waals surface area contributed by atoms with Crippen LogP contribution >= 0.6 is 0 Å². The van der Waals surface area contributed by atoms with Gasteiger partial charge < -0.3 is 21.1 Å². The highest BCUT2D eigenvalue weighted by atomic mass is 19.4. The van der Waals surface area contributed by atoms with E-state index in [0.29, 0.717) is 12.0 Å². The maximum atomic E-state index is 13.8. The molecule has 0 aliphatic heterocycles. The van der Waals surface area contributed by atoms with Crippen LogP contribution in [0.1, 0.15) is 39.7 Å². The van der Waals surface area contributed by atoms with Crippen LogP contribution in [0, 0.1) is 5.92 Å². The monoisotopic (exact) mass is 466 g/mol. The van der Waals surface area contributed by atoms with Gasteiger partial charge in [-0.3, -0.25) is 9.59 Å². The minimum absolute atomic E-state index is 0.0622. The Morgan fingerprint density at radius 2 is 1.82 bits per heavy atom. The molecule has 0 spiro atoms. The van der Waals surface area contributed by atoms with Gasteiger partial charge in [0.25, 0.3) is 0 Å². The largest absolute Gasteiger partial charge is 0.491 e. The standard InChI is InChI=1S/C23H29F3N4O3/c1-14(2)11-22(4,27)13-33-19-6-5-16(9-18(19)23(24,25)26)17-7-8-28-20(10-17)30-21(32)12-29-15(3)31/h5-10,14H,11-13,27H2,1-4H3,(H,29,31)(H,28,30,32)/t22-/m0/s1. The Hall–Kier alpha value is -3.14. The maximum absolute atomic E-state index is 13.8. The molecule has 180 valence electrons. The molecular formula is C23H29F3N4O3. The molecule has 0 saturated heterocycles. The number of nitrogens with two attached hydrogens (primary N) is 1. The summed E-state index contributed by atoms with van der Waals surface area (Å²) in [6, 6.07) is 6.72. The van der Waals surface area contributed by atoms with E-state index in [1.165, 1.54) is 37.4 Å². The number of ether oxygens (including phenoxy) is 1. The Kier molecular flexibility index (Phi) is 8.43. The fraction of sp³-hybridized carbons (Fsp3) is 0.435. The number of rotatable bonds is 9. The van der Waals surface area contributed by atoms with Crippen LogP contribution in [0.3, 0.4) is 0 Å². The fourth-order valence-corrected chi connectivity index (χ4v) is 3.36. The van der Waals surface area contributed by atoms with E-state index in [9.17, 15) is 22.8 Å². The third-order valence-electron chi connectivity index (χ3n) is 4.58. The Labute approximate surface area is 190 Å². The van der Waals surface area contributed by atoms with Gasteiger partial charge in [0.2, 0.25) is 11.8 Å². The van der Waals surface area contributed by atoms with Gasteiger partial charge in [0.1, 0.15) is 18.2 Å². The van der Waals surface area contributed by atoms with Gasteiger partial charge in [-0.05, 0) is 54.7 Å². The van der Waals surface area contributed by atoms with Gasteiger partial charge in [-0.1, -0.05) is 19.9 Å². The average molecular weight is 467 g/mol. The molecule has 1 aromatic heterocycles. The van der Waals surface area contributed by atoms with E-state index in [2.05, 4.69) is 15.6 Å². The van der Waals surface area contributed by atoms with Crippen molar-refractivity contribution in [3.8, 4) is 16.9 Å². The summed E-state index contributed by atoms with van der Waals surface area (Å²) in [6.07, 6.45) is -2.68. The van der Waals surface area contributed by atoms with E-state index in [1.54, 1.807) is 6.92 Å². The topological polar surface area (TPSA) is 106 Å². The van der Waals surface area contributed by atoms with Crippen molar-refractivity contribution >= 4 is 17.6 Å². The molecule has 1 aromatic carbocycles. The lowest BCUT2D eigenvalue weighted by molar-refractivity contribution is -0.139. The molecule has 2 rings (SSSR count). The summed E-state index contributed by atoms with van der Waals surface area (Å²) >= 11 is 0. The third-order valence-corrected chi connectivity index (χ3v) is 4.58.